The fourth-order valence-electron chi connectivity index (χ4n) is 5.41. The Kier molecular flexibility index (Phi) is 7.09. The smallest absolute Gasteiger partial charge is 0.254 e. The number of rotatable bonds is 7. The molecule has 5 rings (SSSR count). The van der Waals surface area contributed by atoms with E-state index in [1.54, 1.807) is 69.2 Å². The lowest BCUT2D eigenvalue weighted by Crippen LogP contribution is -2.53. The van der Waals surface area contributed by atoms with E-state index in [2.05, 4.69) is 10.4 Å². The van der Waals surface area contributed by atoms with Gasteiger partial charge in [0.1, 0.15) is 12.1 Å². The van der Waals surface area contributed by atoms with Crippen LogP contribution in [0.4, 0.5) is 0 Å². The Morgan fingerprint density at radius 2 is 1.71 bits per heavy atom. The summed E-state index contributed by atoms with van der Waals surface area (Å²) in [5.74, 6) is -0.846. The molecule has 0 bridgehead atoms. The summed E-state index contributed by atoms with van der Waals surface area (Å²) in [6.45, 7) is 4.32. The van der Waals surface area contributed by atoms with Gasteiger partial charge in [0.05, 0.1) is 18.3 Å². The number of hydrogen-bond donors (Lipinski definition) is 1. The van der Waals surface area contributed by atoms with Gasteiger partial charge in [0.2, 0.25) is 5.91 Å². The van der Waals surface area contributed by atoms with Crippen LogP contribution in [0.1, 0.15) is 47.4 Å². The molecule has 38 heavy (non-hydrogen) atoms. The van der Waals surface area contributed by atoms with E-state index in [-0.39, 0.29) is 42.0 Å². The number of likely N-dealkylation sites (tertiary alicyclic amines) is 2. The van der Waals surface area contributed by atoms with Crippen LogP contribution >= 0.6 is 0 Å². The second kappa shape index (κ2) is 10.6. The van der Waals surface area contributed by atoms with Gasteiger partial charge in [-0.2, -0.15) is 5.10 Å². The van der Waals surface area contributed by atoms with Crippen LogP contribution in [-0.4, -0.2) is 74.3 Å². The van der Waals surface area contributed by atoms with Crippen molar-refractivity contribution in [2.75, 3.05) is 13.1 Å². The van der Waals surface area contributed by atoms with Gasteiger partial charge in [-0.05, 0) is 61.2 Å². The first kappa shape index (κ1) is 25.4. The summed E-state index contributed by atoms with van der Waals surface area (Å²) in [7, 11) is 0. The predicted molar refractivity (Wildman–Crippen MR) is 141 cm³/mol. The molecule has 3 atom stereocenters. The van der Waals surface area contributed by atoms with Crippen molar-refractivity contribution in [3.05, 3.63) is 84.2 Å². The number of amides is 3. The molecular formula is C29H31N5O4. The Hall–Kier alpha value is -4.27. The van der Waals surface area contributed by atoms with Crippen molar-refractivity contribution in [1.29, 1.82) is 0 Å². The number of ketones is 1. The molecule has 0 saturated carbocycles. The predicted octanol–water partition coefficient (Wildman–Crippen LogP) is 2.71. The number of nitrogens with one attached hydrogen (secondary N) is 1. The van der Waals surface area contributed by atoms with Crippen LogP contribution in [0.5, 0.6) is 0 Å². The van der Waals surface area contributed by atoms with E-state index in [9.17, 15) is 19.2 Å². The fourth-order valence-corrected chi connectivity index (χ4v) is 5.41. The Morgan fingerprint density at radius 3 is 2.37 bits per heavy atom. The molecule has 9 nitrogen and oxygen atoms in total. The van der Waals surface area contributed by atoms with Crippen molar-refractivity contribution >= 4 is 23.5 Å². The van der Waals surface area contributed by atoms with Gasteiger partial charge in [-0.3, -0.25) is 19.2 Å². The van der Waals surface area contributed by atoms with E-state index in [1.165, 1.54) is 0 Å². The van der Waals surface area contributed by atoms with Gasteiger partial charge >= 0.3 is 0 Å². The zero-order valence-corrected chi connectivity index (χ0v) is 21.5. The molecule has 2 aromatic carbocycles. The highest BCUT2D eigenvalue weighted by atomic mass is 16.2. The first-order chi connectivity index (χ1) is 18.3. The first-order valence-corrected chi connectivity index (χ1v) is 12.9. The van der Waals surface area contributed by atoms with Crippen molar-refractivity contribution in [2.24, 2.45) is 5.92 Å². The quantitative estimate of drug-likeness (QED) is 0.523. The maximum absolute atomic E-state index is 13.7. The summed E-state index contributed by atoms with van der Waals surface area (Å²) in [4.78, 5) is 56.2. The monoisotopic (exact) mass is 513 g/mol. The second-order valence-corrected chi connectivity index (χ2v) is 10.3. The lowest BCUT2D eigenvalue weighted by Gasteiger charge is -2.29. The van der Waals surface area contributed by atoms with Crippen molar-refractivity contribution in [1.82, 2.24) is 24.9 Å². The lowest BCUT2D eigenvalue weighted by atomic mass is 10.0. The minimum Gasteiger partial charge on any atom is -0.340 e. The molecule has 3 heterocycles. The molecule has 2 saturated heterocycles. The number of carbonyl (C=O) groups is 4. The lowest BCUT2D eigenvalue weighted by molar-refractivity contribution is -0.138. The highest BCUT2D eigenvalue weighted by Gasteiger charge is 2.52. The van der Waals surface area contributed by atoms with E-state index < -0.39 is 12.1 Å². The van der Waals surface area contributed by atoms with E-state index in [0.717, 1.165) is 5.69 Å². The molecule has 0 spiro atoms. The van der Waals surface area contributed by atoms with Gasteiger partial charge in [0.15, 0.2) is 5.78 Å². The van der Waals surface area contributed by atoms with Gasteiger partial charge in [-0.1, -0.05) is 32.0 Å². The zero-order valence-electron chi connectivity index (χ0n) is 21.5. The third-order valence-corrected chi connectivity index (χ3v) is 7.20. The molecule has 3 aromatic rings. The van der Waals surface area contributed by atoms with Crippen molar-refractivity contribution in [3.63, 3.8) is 0 Å². The average molecular weight is 514 g/mol. The summed E-state index contributed by atoms with van der Waals surface area (Å²) in [5.41, 5.74) is 1.77. The minimum atomic E-state index is -0.779. The molecule has 196 valence electrons. The molecule has 0 radical (unpaired) electrons. The van der Waals surface area contributed by atoms with Crippen LogP contribution in [0.2, 0.25) is 0 Å². The molecule has 1 aromatic heterocycles. The van der Waals surface area contributed by atoms with Crippen LogP contribution in [0.15, 0.2) is 73.1 Å². The number of benzene rings is 2. The number of aromatic nitrogens is 2. The number of fused-ring (bicyclic) bond motifs is 1. The summed E-state index contributed by atoms with van der Waals surface area (Å²) < 4.78 is 1.70. The standard InChI is InChI=1S/C29H31N5O4/c1-19(2)17-23(31-27(36)20-9-11-22(12-10-20)34-15-6-14-30-34)29(38)32-16-13-24-26(32)25(35)18-33(24)28(37)21-7-4-3-5-8-21/h3-12,14-15,19,23-24,26H,13,16-18H2,1-2H3,(H,31,36)/t23-,24?,26-/m0/s1. The second-order valence-electron chi connectivity index (χ2n) is 10.3. The van der Waals surface area contributed by atoms with Crippen LogP contribution in [0.25, 0.3) is 5.69 Å². The molecule has 1 N–H and O–H groups in total. The largest absolute Gasteiger partial charge is 0.340 e. The van der Waals surface area contributed by atoms with Crippen molar-refractivity contribution in [3.8, 4) is 5.69 Å². The fraction of sp³-hybridized carbons (Fsp3) is 0.345. The SMILES string of the molecule is CC(C)C[C@H](NC(=O)c1ccc(-n2cccn2)cc1)C(=O)N1CCC2[C@H]1C(=O)CN2C(=O)c1ccccc1. The number of nitrogens with zero attached hydrogens (tertiary/aromatic N) is 4. The Bertz CT molecular complexity index is 1320. The third kappa shape index (κ3) is 4.96. The maximum atomic E-state index is 13.7. The number of hydrogen-bond acceptors (Lipinski definition) is 5. The summed E-state index contributed by atoms with van der Waals surface area (Å²) >= 11 is 0. The highest BCUT2D eigenvalue weighted by Crippen LogP contribution is 2.32. The summed E-state index contributed by atoms with van der Waals surface area (Å²) in [5, 5.41) is 7.09. The van der Waals surface area contributed by atoms with Crippen molar-refractivity contribution < 1.29 is 19.2 Å². The van der Waals surface area contributed by atoms with Crippen LogP contribution in [-0.2, 0) is 9.59 Å². The topological polar surface area (TPSA) is 105 Å². The summed E-state index contributed by atoms with van der Waals surface area (Å²) in [6, 6.07) is 15.8. The van der Waals surface area contributed by atoms with Gasteiger partial charge < -0.3 is 15.1 Å². The van der Waals surface area contributed by atoms with Gasteiger partial charge in [0.25, 0.3) is 11.8 Å². The number of carbonyl (C=O) groups excluding carboxylic acids is 4. The molecule has 9 heteroatoms. The van der Waals surface area contributed by atoms with Crippen LogP contribution < -0.4 is 5.32 Å². The van der Waals surface area contributed by atoms with Gasteiger partial charge in [-0.25, -0.2) is 4.68 Å². The number of Topliss-reactive ketones (excluding diaryl/α,β-unsaturated/α-hetero) is 1. The molecule has 2 aliphatic rings. The third-order valence-electron chi connectivity index (χ3n) is 7.20. The van der Waals surface area contributed by atoms with E-state index >= 15 is 0 Å². The van der Waals surface area contributed by atoms with E-state index in [1.807, 2.05) is 32.2 Å². The molecular weight excluding hydrogens is 482 g/mol. The molecule has 0 aliphatic carbocycles. The van der Waals surface area contributed by atoms with Crippen LogP contribution in [0, 0.1) is 5.92 Å². The minimum absolute atomic E-state index is 0.0172. The molecule has 2 aliphatic heterocycles. The molecule has 2 fully saturated rings. The Labute approximate surface area is 221 Å². The average Bonchev–Trinajstić information content (AvgIpc) is 3.67. The molecule has 1 unspecified atom stereocenters. The Morgan fingerprint density at radius 1 is 0.974 bits per heavy atom. The summed E-state index contributed by atoms with van der Waals surface area (Å²) in [6.07, 6.45) is 4.45. The van der Waals surface area contributed by atoms with Gasteiger partial charge in [-0.15, -0.1) is 0 Å². The normalized spacial score (nSPS) is 19.5. The maximum Gasteiger partial charge on any atom is 0.254 e. The highest BCUT2D eigenvalue weighted by molar-refractivity contribution is 6.03. The Balaban J connectivity index is 1.30. The zero-order chi connectivity index (χ0) is 26.8. The van der Waals surface area contributed by atoms with Gasteiger partial charge in [0, 0.05) is 30.1 Å². The van der Waals surface area contributed by atoms with Crippen molar-refractivity contribution in [2.45, 2.75) is 44.8 Å². The van der Waals surface area contributed by atoms with E-state index in [0.29, 0.717) is 30.5 Å². The van der Waals surface area contributed by atoms with Crippen LogP contribution in [0.3, 0.4) is 0 Å². The molecule has 3 amide bonds. The van der Waals surface area contributed by atoms with E-state index in [4.69, 9.17) is 0 Å². The first-order valence-electron chi connectivity index (χ1n) is 12.9.